The van der Waals surface area contributed by atoms with E-state index in [0.717, 1.165) is 18.0 Å². The Labute approximate surface area is 177 Å². The van der Waals surface area contributed by atoms with E-state index in [1.54, 1.807) is 42.5 Å². The maximum atomic E-state index is 12.7. The van der Waals surface area contributed by atoms with E-state index in [1.165, 1.54) is 0 Å². The van der Waals surface area contributed by atoms with Crippen molar-refractivity contribution < 1.29 is 14.1 Å². The smallest absolute Gasteiger partial charge is 0.263 e. The standard InChI is InChI=1S/C20H21ClN4O3S/c1-14(27-16-6-4-15(21)5-7-16)20(26)25-10-8-24(9-11-25)13-18-22-19(23-28-18)17-3-2-12-29-17/h2-7,12,14H,8-11,13H2,1H3. The molecule has 9 heteroatoms. The number of ether oxygens (including phenoxy) is 1. The number of carbonyl (C=O) groups excluding carboxylic acids is 1. The van der Waals surface area contributed by atoms with E-state index in [1.807, 2.05) is 22.4 Å². The second-order valence-electron chi connectivity index (χ2n) is 6.80. The Hall–Kier alpha value is -2.42. The SMILES string of the molecule is CC(Oc1ccc(Cl)cc1)C(=O)N1CCN(Cc2nc(-c3cccs3)no2)CC1. The van der Waals surface area contributed by atoms with Crippen molar-refractivity contribution in [3.8, 4) is 16.5 Å². The number of hydrogen-bond acceptors (Lipinski definition) is 7. The third-order valence-electron chi connectivity index (χ3n) is 4.73. The number of amides is 1. The highest BCUT2D eigenvalue weighted by molar-refractivity contribution is 7.13. The topological polar surface area (TPSA) is 71.7 Å². The van der Waals surface area contributed by atoms with Gasteiger partial charge in [0.05, 0.1) is 11.4 Å². The molecule has 1 aromatic carbocycles. The molecule has 1 saturated heterocycles. The van der Waals surface area contributed by atoms with E-state index in [-0.39, 0.29) is 5.91 Å². The number of halogens is 1. The Balaban J connectivity index is 1.26. The van der Waals surface area contributed by atoms with Crippen LogP contribution in [0.15, 0.2) is 46.3 Å². The Morgan fingerprint density at radius 2 is 2.00 bits per heavy atom. The number of rotatable bonds is 6. The summed E-state index contributed by atoms with van der Waals surface area (Å²) < 4.78 is 11.1. The van der Waals surface area contributed by atoms with Gasteiger partial charge in [0.1, 0.15) is 5.75 Å². The predicted molar refractivity (Wildman–Crippen MR) is 111 cm³/mol. The van der Waals surface area contributed by atoms with Crippen LogP contribution in [0.3, 0.4) is 0 Å². The third-order valence-corrected chi connectivity index (χ3v) is 5.84. The molecule has 0 radical (unpaired) electrons. The van der Waals surface area contributed by atoms with Crippen molar-refractivity contribution in [2.75, 3.05) is 26.2 Å². The van der Waals surface area contributed by atoms with Gasteiger partial charge in [-0.15, -0.1) is 11.3 Å². The Morgan fingerprint density at radius 3 is 2.69 bits per heavy atom. The second kappa shape index (κ2) is 8.94. The lowest BCUT2D eigenvalue weighted by atomic mass is 10.2. The van der Waals surface area contributed by atoms with Gasteiger partial charge in [0, 0.05) is 31.2 Å². The monoisotopic (exact) mass is 432 g/mol. The van der Waals surface area contributed by atoms with Gasteiger partial charge in [0.15, 0.2) is 6.10 Å². The first-order valence-electron chi connectivity index (χ1n) is 9.38. The van der Waals surface area contributed by atoms with Crippen LogP contribution in [0.5, 0.6) is 5.75 Å². The van der Waals surface area contributed by atoms with Crippen LogP contribution in [-0.2, 0) is 11.3 Å². The highest BCUT2D eigenvalue weighted by atomic mass is 35.5. The van der Waals surface area contributed by atoms with Crippen LogP contribution in [0, 0.1) is 0 Å². The van der Waals surface area contributed by atoms with E-state index >= 15 is 0 Å². The van der Waals surface area contributed by atoms with Gasteiger partial charge in [-0.1, -0.05) is 22.8 Å². The lowest BCUT2D eigenvalue weighted by Crippen LogP contribution is -2.51. The van der Waals surface area contributed by atoms with E-state index < -0.39 is 6.10 Å². The van der Waals surface area contributed by atoms with Crippen molar-refractivity contribution in [3.63, 3.8) is 0 Å². The number of aromatic nitrogens is 2. The molecule has 1 unspecified atom stereocenters. The zero-order valence-electron chi connectivity index (χ0n) is 16.0. The molecular weight excluding hydrogens is 412 g/mol. The largest absolute Gasteiger partial charge is 0.481 e. The van der Waals surface area contributed by atoms with E-state index in [2.05, 4.69) is 15.0 Å². The first kappa shape index (κ1) is 19.9. The Morgan fingerprint density at radius 1 is 1.24 bits per heavy atom. The Bertz CT molecular complexity index is 937. The van der Waals surface area contributed by atoms with Gasteiger partial charge in [-0.25, -0.2) is 0 Å². The van der Waals surface area contributed by atoms with Crippen molar-refractivity contribution in [2.45, 2.75) is 19.6 Å². The van der Waals surface area contributed by atoms with Crippen LogP contribution in [0.2, 0.25) is 5.02 Å². The molecule has 152 valence electrons. The average Bonchev–Trinajstić information content (AvgIpc) is 3.41. The zero-order valence-corrected chi connectivity index (χ0v) is 17.5. The summed E-state index contributed by atoms with van der Waals surface area (Å²) in [7, 11) is 0. The fraction of sp³-hybridized carbons (Fsp3) is 0.350. The fourth-order valence-corrected chi connectivity index (χ4v) is 3.94. The molecule has 4 rings (SSSR count). The Kier molecular flexibility index (Phi) is 6.13. The number of piperazine rings is 1. The number of carbonyl (C=O) groups is 1. The summed E-state index contributed by atoms with van der Waals surface area (Å²) >= 11 is 7.46. The van der Waals surface area contributed by atoms with Crippen LogP contribution in [0.25, 0.3) is 10.7 Å². The minimum absolute atomic E-state index is 0.0163. The van der Waals surface area contributed by atoms with E-state index in [0.29, 0.717) is 42.1 Å². The van der Waals surface area contributed by atoms with Crippen LogP contribution in [0.4, 0.5) is 0 Å². The van der Waals surface area contributed by atoms with Crippen molar-refractivity contribution in [3.05, 3.63) is 52.7 Å². The summed E-state index contributed by atoms with van der Waals surface area (Å²) in [5.41, 5.74) is 0. The third kappa shape index (κ3) is 4.95. The molecule has 1 atom stereocenters. The van der Waals surface area contributed by atoms with Gasteiger partial charge in [-0.2, -0.15) is 4.98 Å². The van der Waals surface area contributed by atoms with Gasteiger partial charge in [0.2, 0.25) is 11.7 Å². The van der Waals surface area contributed by atoms with Crippen LogP contribution in [0.1, 0.15) is 12.8 Å². The average molecular weight is 433 g/mol. The molecule has 1 aliphatic heterocycles. The fourth-order valence-electron chi connectivity index (χ4n) is 3.17. The van der Waals surface area contributed by atoms with Crippen molar-refractivity contribution in [1.29, 1.82) is 0 Å². The summed E-state index contributed by atoms with van der Waals surface area (Å²) in [5, 5.41) is 6.66. The molecule has 0 spiro atoms. The van der Waals surface area contributed by atoms with E-state index in [9.17, 15) is 4.79 Å². The number of nitrogens with zero attached hydrogens (tertiary/aromatic N) is 4. The van der Waals surface area contributed by atoms with Crippen molar-refractivity contribution >= 4 is 28.8 Å². The number of hydrogen-bond donors (Lipinski definition) is 0. The predicted octanol–water partition coefficient (Wildman–Crippen LogP) is 3.56. The molecule has 3 aromatic rings. The number of thiophene rings is 1. The quantitative estimate of drug-likeness (QED) is 0.593. The molecule has 7 nitrogen and oxygen atoms in total. The summed E-state index contributed by atoms with van der Waals surface area (Å²) in [6.45, 7) is 5.12. The molecule has 1 fully saturated rings. The molecule has 0 aliphatic carbocycles. The van der Waals surface area contributed by atoms with Crippen molar-refractivity contribution in [2.24, 2.45) is 0 Å². The minimum Gasteiger partial charge on any atom is -0.481 e. The highest BCUT2D eigenvalue weighted by Crippen LogP contribution is 2.22. The summed E-state index contributed by atoms with van der Waals surface area (Å²) in [6.07, 6.45) is -0.549. The highest BCUT2D eigenvalue weighted by Gasteiger charge is 2.27. The minimum atomic E-state index is -0.549. The summed E-state index contributed by atoms with van der Waals surface area (Å²) in [6, 6.07) is 10.9. The molecule has 0 bridgehead atoms. The first-order chi connectivity index (χ1) is 14.1. The molecular formula is C20H21ClN4O3S. The molecule has 1 amide bonds. The van der Waals surface area contributed by atoms with Gasteiger partial charge in [0.25, 0.3) is 5.91 Å². The van der Waals surface area contributed by atoms with Crippen molar-refractivity contribution in [1.82, 2.24) is 19.9 Å². The number of benzene rings is 1. The molecule has 1 aliphatic rings. The second-order valence-corrected chi connectivity index (χ2v) is 8.19. The first-order valence-corrected chi connectivity index (χ1v) is 10.6. The molecule has 0 saturated carbocycles. The molecule has 29 heavy (non-hydrogen) atoms. The normalized spacial score (nSPS) is 16.0. The van der Waals surface area contributed by atoms with Gasteiger partial charge in [-0.3, -0.25) is 9.69 Å². The van der Waals surface area contributed by atoms with Crippen LogP contribution in [-0.4, -0.2) is 58.1 Å². The summed E-state index contributed by atoms with van der Waals surface area (Å²) in [5.74, 6) is 1.83. The molecule has 0 N–H and O–H groups in total. The zero-order chi connectivity index (χ0) is 20.2. The lowest BCUT2D eigenvalue weighted by Gasteiger charge is -2.35. The summed E-state index contributed by atoms with van der Waals surface area (Å²) in [4.78, 5) is 22.2. The van der Waals surface area contributed by atoms with Crippen LogP contribution < -0.4 is 4.74 Å². The van der Waals surface area contributed by atoms with Gasteiger partial charge in [-0.05, 0) is 42.6 Å². The van der Waals surface area contributed by atoms with Gasteiger partial charge >= 0.3 is 0 Å². The maximum Gasteiger partial charge on any atom is 0.263 e. The lowest BCUT2D eigenvalue weighted by molar-refractivity contribution is -0.139. The maximum absolute atomic E-state index is 12.7. The van der Waals surface area contributed by atoms with E-state index in [4.69, 9.17) is 20.9 Å². The van der Waals surface area contributed by atoms with Crippen LogP contribution >= 0.6 is 22.9 Å². The molecule has 2 aromatic heterocycles. The van der Waals surface area contributed by atoms with Gasteiger partial charge < -0.3 is 14.2 Å². The molecule has 3 heterocycles.